The molecule has 0 aliphatic rings. The lowest BCUT2D eigenvalue weighted by Gasteiger charge is -2.01. The summed E-state index contributed by atoms with van der Waals surface area (Å²) in [5.74, 6) is 0.114. The van der Waals surface area contributed by atoms with E-state index in [1.807, 2.05) is 19.9 Å². The highest BCUT2D eigenvalue weighted by Crippen LogP contribution is 2.31. The second-order valence-electron chi connectivity index (χ2n) is 3.75. The van der Waals surface area contributed by atoms with Crippen LogP contribution in [0, 0.1) is 17.1 Å². The van der Waals surface area contributed by atoms with Gasteiger partial charge in [0.25, 0.3) is 0 Å². The predicted molar refractivity (Wildman–Crippen MR) is 55.0 cm³/mol. The third-order valence-electron chi connectivity index (χ3n) is 2.37. The minimum absolute atomic E-state index is 0.141. The second-order valence-corrected chi connectivity index (χ2v) is 3.75. The molecule has 0 unspecified atom stereocenters. The number of hydrogen-bond acceptors (Lipinski definition) is 2. The zero-order valence-electron chi connectivity index (χ0n) is 8.54. The summed E-state index contributed by atoms with van der Waals surface area (Å²) >= 11 is 0. The topological polar surface area (TPSA) is 36.9 Å². The number of nitriles is 1. The Morgan fingerprint density at radius 1 is 1.40 bits per heavy atom. The van der Waals surface area contributed by atoms with E-state index in [0.717, 1.165) is 5.56 Å². The normalized spacial score (nSPS) is 10.9. The summed E-state index contributed by atoms with van der Waals surface area (Å²) in [5, 5.41) is 9.60. The van der Waals surface area contributed by atoms with Gasteiger partial charge >= 0.3 is 0 Å². The van der Waals surface area contributed by atoms with Crippen LogP contribution in [0.4, 0.5) is 4.39 Å². The van der Waals surface area contributed by atoms with Crippen LogP contribution in [0.15, 0.2) is 22.6 Å². The molecule has 0 aliphatic heterocycles. The SMILES string of the molecule is CC(C)c1c(C#N)oc2ccc(F)cc12. The van der Waals surface area contributed by atoms with Crippen molar-refractivity contribution in [3.05, 3.63) is 35.3 Å². The molecule has 0 amide bonds. The molecular weight excluding hydrogens is 193 g/mol. The minimum atomic E-state index is -0.310. The van der Waals surface area contributed by atoms with E-state index in [1.165, 1.54) is 12.1 Å². The van der Waals surface area contributed by atoms with Gasteiger partial charge in [-0.3, -0.25) is 0 Å². The van der Waals surface area contributed by atoms with Crippen LogP contribution < -0.4 is 0 Å². The molecule has 0 radical (unpaired) electrons. The maximum absolute atomic E-state index is 13.1. The number of furan rings is 1. The molecule has 15 heavy (non-hydrogen) atoms. The lowest BCUT2D eigenvalue weighted by Crippen LogP contribution is -1.88. The van der Waals surface area contributed by atoms with Gasteiger partial charge in [-0.15, -0.1) is 0 Å². The van der Waals surface area contributed by atoms with Crippen LogP contribution >= 0.6 is 0 Å². The summed E-state index contributed by atoms with van der Waals surface area (Å²) in [6.07, 6.45) is 0. The fraction of sp³-hybridized carbons (Fsp3) is 0.250. The van der Waals surface area contributed by atoms with E-state index in [1.54, 1.807) is 6.07 Å². The van der Waals surface area contributed by atoms with Crippen molar-refractivity contribution in [3.63, 3.8) is 0 Å². The molecule has 0 atom stereocenters. The van der Waals surface area contributed by atoms with E-state index in [-0.39, 0.29) is 17.5 Å². The van der Waals surface area contributed by atoms with Gasteiger partial charge in [0.2, 0.25) is 5.76 Å². The quantitative estimate of drug-likeness (QED) is 0.710. The molecule has 1 aromatic carbocycles. The molecule has 2 aromatic rings. The number of halogens is 1. The zero-order valence-corrected chi connectivity index (χ0v) is 8.54. The number of rotatable bonds is 1. The number of fused-ring (bicyclic) bond motifs is 1. The minimum Gasteiger partial charge on any atom is -0.445 e. The first-order valence-electron chi connectivity index (χ1n) is 4.75. The van der Waals surface area contributed by atoms with Gasteiger partial charge in [-0.1, -0.05) is 13.8 Å². The predicted octanol–water partition coefficient (Wildman–Crippen LogP) is 3.57. The summed E-state index contributed by atoms with van der Waals surface area (Å²) in [6.45, 7) is 3.91. The van der Waals surface area contributed by atoms with Crippen molar-refractivity contribution in [3.8, 4) is 6.07 Å². The first kappa shape index (κ1) is 9.72. The van der Waals surface area contributed by atoms with Crippen LogP contribution in [0.5, 0.6) is 0 Å². The van der Waals surface area contributed by atoms with Gasteiger partial charge in [0, 0.05) is 10.9 Å². The first-order valence-corrected chi connectivity index (χ1v) is 4.75. The van der Waals surface area contributed by atoms with Crippen LogP contribution in [0.2, 0.25) is 0 Å². The molecule has 0 spiro atoms. The lowest BCUT2D eigenvalue weighted by molar-refractivity contribution is 0.587. The molecule has 0 saturated carbocycles. The highest BCUT2D eigenvalue weighted by molar-refractivity contribution is 5.83. The van der Waals surface area contributed by atoms with Crippen LogP contribution in [-0.4, -0.2) is 0 Å². The van der Waals surface area contributed by atoms with Gasteiger partial charge < -0.3 is 4.42 Å². The Morgan fingerprint density at radius 3 is 2.73 bits per heavy atom. The lowest BCUT2D eigenvalue weighted by atomic mass is 10.00. The molecule has 1 heterocycles. The van der Waals surface area contributed by atoms with Crippen LogP contribution in [-0.2, 0) is 0 Å². The Kier molecular flexibility index (Phi) is 2.20. The Hall–Kier alpha value is -1.82. The first-order chi connectivity index (χ1) is 7.13. The van der Waals surface area contributed by atoms with E-state index in [2.05, 4.69) is 0 Å². The molecule has 3 heteroatoms. The van der Waals surface area contributed by atoms with Crippen molar-refractivity contribution in [2.45, 2.75) is 19.8 Å². The van der Waals surface area contributed by atoms with Crippen LogP contribution in [0.1, 0.15) is 31.1 Å². The molecule has 0 saturated heterocycles. The maximum atomic E-state index is 13.1. The Morgan fingerprint density at radius 2 is 2.13 bits per heavy atom. The Balaban J connectivity index is 2.84. The molecule has 0 bridgehead atoms. The molecule has 1 aromatic heterocycles. The van der Waals surface area contributed by atoms with Crippen LogP contribution in [0.3, 0.4) is 0 Å². The van der Waals surface area contributed by atoms with Gasteiger partial charge in [0.05, 0.1) is 0 Å². The van der Waals surface area contributed by atoms with Crippen molar-refractivity contribution in [1.82, 2.24) is 0 Å². The fourth-order valence-electron chi connectivity index (χ4n) is 1.75. The number of hydrogen-bond donors (Lipinski definition) is 0. The summed E-state index contributed by atoms with van der Waals surface area (Å²) in [7, 11) is 0. The smallest absolute Gasteiger partial charge is 0.208 e. The van der Waals surface area contributed by atoms with Gasteiger partial charge in [-0.25, -0.2) is 4.39 Å². The number of benzene rings is 1. The summed E-state index contributed by atoms with van der Waals surface area (Å²) in [6, 6.07) is 6.29. The standard InChI is InChI=1S/C12H10FNO/c1-7(2)12-9-5-8(13)3-4-10(9)15-11(12)6-14/h3-5,7H,1-2H3. The van der Waals surface area contributed by atoms with Gasteiger partial charge in [-0.05, 0) is 24.1 Å². The van der Waals surface area contributed by atoms with E-state index in [9.17, 15) is 4.39 Å². The molecule has 2 nitrogen and oxygen atoms in total. The molecular formula is C12H10FNO. The van der Waals surface area contributed by atoms with E-state index < -0.39 is 0 Å². The third kappa shape index (κ3) is 1.48. The fourth-order valence-corrected chi connectivity index (χ4v) is 1.75. The Labute approximate surface area is 86.9 Å². The second kappa shape index (κ2) is 3.39. The van der Waals surface area contributed by atoms with E-state index in [4.69, 9.17) is 9.68 Å². The molecule has 2 rings (SSSR count). The van der Waals surface area contributed by atoms with E-state index >= 15 is 0 Å². The van der Waals surface area contributed by atoms with Crippen molar-refractivity contribution in [1.29, 1.82) is 5.26 Å². The zero-order chi connectivity index (χ0) is 11.0. The Bertz CT molecular complexity index is 548. The molecule has 0 N–H and O–H groups in total. The summed E-state index contributed by atoms with van der Waals surface area (Å²) in [4.78, 5) is 0. The summed E-state index contributed by atoms with van der Waals surface area (Å²) in [5.41, 5.74) is 1.35. The van der Waals surface area contributed by atoms with Gasteiger partial charge in [0.1, 0.15) is 17.5 Å². The van der Waals surface area contributed by atoms with Gasteiger partial charge in [-0.2, -0.15) is 5.26 Å². The average molecular weight is 203 g/mol. The number of nitrogens with zero attached hydrogens (tertiary/aromatic N) is 1. The molecule has 0 fully saturated rings. The van der Waals surface area contributed by atoms with Crippen molar-refractivity contribution < 1.29 is 8.81 Å². The van der Waals surface area contributed by atoms with E-state index in [0.29, 0.717) is 11.0 Å². The van der Waals surface area contributed by atoms with Gasteiger partial charge in [0.15, 0.2) is 0 Å². The third-order valence-corrected chi connectivity index (χ3v) is 2.37. The van der Waals surface area contributed by atoms with Crippen LogP contribution in [0.25, 0.3) is 11.0 Å². The average Bonchev–Trinajstić information content (AvgIpc) is 2.55. The summed E-state index contributed by atoms with van der Waals surface area (Å²) < 4.78 is 18.4. The highest BCUT2D eigenvalue weighted by atomic mass is 19.1. The van der Waals surface area contributed by atoms with Crippen molar-refractivity contribution in [2.24, 2.45) is 0 Å². The largest absolute Gasteiger partial charge is 0.445 e. The van der Waals surface area contributed by atoms with Crippen molar-refractivity contribution >= 4 is 11.0 Å². The molecule has 76 valence electrons. The maximum Gasteiger partial charge on any atom is 0.208 e. The monoisotopic (exact) mass is 203 g/mol. The molecule has 0 aliphatic carbocycles. The van der Waals surface area contributed by atoms with Crippen molar-refractivity contribution in [2.75, 3.05) is 0 Å². The highest BCUT2D eigenvalue weighted by Gasteiger charge is 2.16.